The van der Waals surface area contributed by atoms with Gasteiger partial charge in [0.1, 0.15) is 11.5 Å². The third-order valence-electron chi connectivity index (χ3n) is 1.89. The van der Waals surface area contributed by atoms with Gasteiger partial charge in [0.25, 0.3) is 0 Å². The molecule has 2 rings (SSSR count). The molecule has 0 aliphatic heterocycles. The number of aromatic amines is 1. The first-order valence-electron chi connectivity index (χ1n) is 4.06. The molecule has 0 unspecified atom stereocenters. The van der Waals surface area contributed by atoms with E-state index in [1.54, 1.807) is 12.1 Å². The van der Waals surface area contributed by atoms with E-state index < -0.39 is 0 Å². The first-order valence-corrected chi connectivity index (χ1v) is 4.06. The molecule has 0 atom stereocenters. The van der Waals surface area contributed by atoms with Gasteiger partial charge in [-0.25, -0.2) is 4.39 Å². The monoisotopic (exact) mass is 190 g/mol. The van der Waals surface area contributed by atoms with Crippen LogP contribution in [-0.4, -0.2) is 16.5 Å². The van der Waals surface area contributed by atoms with Crippen LogP contribution in [0.5, 0.6) is 0 Å². The van der Waals surface area contributed by atoms with Gasteiger partial charge in [-0.2, -0.15) is 5.10 Å². The highest BCUT2D eigenvalue weighted by Gasteiger charge is 2.07. The standard InChI is InChI=1S/C10H7FN2O/c11-9-3-1-2-7(4-9)10-8(6-14)5-12-13-10/h1-6H,(H,12,13). The van der Waals surface area contributed by atoms with E-state index in [9.17, 15) is 9.18 Å². The minimum Gasteiger partial charge on any atom is -0.298 e. The highest BCUT2D eigenvalue weighted by Crippen LogP contribution is 2.20. The predicted octanol–water partition coefficient (Wildman–Crippen LogP) is 2.03. The largest absolute Gasteiger partial charge is 0.298 e. The van der Waals surface area contributed by atoms with Crippen LogP contribution in [-0.2, 0) is 0 Å². The van der Waals surface area contributed by atoms with Gasteiger partial charge in [0.05, 0.1) is 5.56 Å². The molecule has 0 bridgehead atoms. The summed E-state index contributed by atoms with van der Waals surface area (Å²) >= 11 is 0. The van der Waals surface area contributed by atoms with Crippen molar-refractivity contribution in [2.24, 2.45) is 0 Å². The molecule has 0 spiro atoms. The topological polar surface area (TPSA) is 45.8 Å². The van der Waals surface area contributed by atoms with Crippen molar-refractivity contribution in [3.63, 3.8) is 0 Å². The third kappa shape index (κ3) is 1.42. The van der Waals surface area contributed by atoms with E-state index in [-0.39, 0.29) is 5.82 Å². The van der Waals surface area contributed by atoms with Crippen molar-refractivity contribution >= 4 is 6.29 Å². The minimum atomic E-state index is -0.345. The molecule has 0 saturated carbocycles. The number of rotatable bonds is 2. The lowest BCUT2D eigenvalue weighted by atomic mass is 10.1. The third-order valence-corrected chi connectivity index (χ3v) is 1.89. The molecular weight excluding hydrogens is 183 g/mol. The molecule has 4 heteroatoms. The number of aldehydes is 1. The van der Waals surface area contributed by atoms with Gasteiger partial charge in [-0.1, -0.05) is 12.1 Å². The molecule has 70 valence electrons. The van der Waals surface area contributed by atoms with E-state index in [1.165, 1.54) is 18.3 Å². The molecule has 1 N–H and O–H groups in total. The molecule has 1 aromatic carbocycles. The van der Waals surface area contributed by atoms with E-state index in [4.69, 9.17) is 0 Å². The molecule has 0 radical (unpaired) electrons. The summed E-state index contributed by atoms with van der Waals surface area (Å²) in [6.45, 7) is 0. The molecule has 0 saturated heterocycles. The highest BCUT2D eigenvalue weighted by atomic mass is 19.1. The lowest BCUT2D eigenvalue weighted by Gasteiger charge is -1.96. The van der Waals surface area contributed by atoms with Crippen LogP contribution in [0.2, 0.25) is 0 Å². The molecule has 14 heavy (non-hydrogen) atoms. The quantitative estimate of drug-likeness (QED) is 0.736. The van der Waals surface area contributed by atoms with Crippen LogP contribution in [0.3, 0.4) is 0 Å². The molecule has 0 aliphatic rings. The van der Waals surface area contributed by atoms with Gasteiger partial charge in [0.15, 0.2) is 6.29 Å². The lowest BCUT2D eigenvalue weighted by molar-refractivity contribution is 0.112. The summed E-state index contributed by atoms with van der Waals surface area (Å²) < 4.78 is 12.9. The van der Waals surface area contributed by atoms with Crippen LogP contribution in [0.1, 0.15) is 10.4 Å². The van der Waals surface area contributed by atoms with Crippen molar-refractivity contribution in [1.29, 1.82) is 0 Å². The molecule has 0 amide bonds. The van der Waals surface area contributed by atoms with Crippen LogP contribution >= 0.6 is 0 Å². The second kappa shape index (κ2) is 3.41. The Morgan fingerprint density at radius 2 is 2.29 bits per heavy atom. The maximum absolute atomic E-state index is 12.9. The van der Waals surface area contributed by atoms with Gasteiger partial charge in [-0.05, 0) is 12.1 Å². The fraction of sp³-hybridized carbons (Fsp3) is 0. The number of hydrogen-bond acceptors (Lipinski definition) is 2. The number of nitrogens with zero attached hydrogens (tertiary/aromatic N) is 1. The zero-order valence-corrected chi connectivity index (χ0v) is 7.20. The van der Waals surface area contributed by atoms with Gasteiger partial charge in [-0.3, -0.25) is 9.89 Å². The average molecular weight is 190 g/mol. The maximum atomic E-state index is 12.9. The summed E-state index contributed by atoms with van der Waals surface area (Å²) in [6, 6.07) is 5.96. The lowest BCUT2D eigenvalue weighted by Crippen LogP contribution is -1.85. The number of aromatic nitrogens is 2. The van der Waals surface area contributed by atoms with Gasteiger partial charge >= 0.3 is 0 Å². The molecule has 1 aromatic heterocycles. The van der Waals surface area contributed by atoms with Gasteiger partial charge in [-0.15, -0.1) is 0 Å². The van der Waals surface area contributed by atoms with Gasteiger partial charge in [0, 0.05) is 11.8 Å². The molecule has 3 nitrogen and oxygen atoms in total. The summed E-state index contributed by atoms with van der Waals surface area (Å²) in [7, 11) is 0. The summed E-state index contributed by atoms with van der Waals surface area (Å²) in [5, 5.41) is 6.44. The highest BCUT2D eigenvalue weighted by molar-refractivity contribution is 5.85. The Bertz CT molecular complexity index is 465. The molecule has 0 aliphatic carbocycles. The first kappa shape index (κ1) is 8.62. The van der Waals surface area contributed by atoms with Crippen molar-refractivity contribution < 1.29 is 9.18 Å². The SMILES string of the molecule is O=Cc1c[nH]nc1-c1cccc(F)c1. The number of carbonyl (C=O) groups excluding carboxylic acids is 1. The van der Waals surface area contributed by atoms with Crippen molar-refractivity contribution in [3.8, 4) is 11.3 Å². The van der Waals surface area contributed by atoms with Crippen LogP contribution < -0.4 is 0 Å². The Hall–Kier alpha value is -1.97. The molecule has 0 fully saturated rings. The van der Waals surface area contributed by atoms with Crippen molar-refractivity contribution in [2.75, 3.05) is 0 Å². The summed E-state index contributed by atoms with van der Waals surface area (Å²) in [5.41, 5.74) is 1.49. The Balaban J connectivity index is 2.54. The van der Waals surface area contributed by atoms with E-state index in [1.807, 2.05) is 0 Å². The number of carbonyl (C=O) groups is 1. The molecular formula is C10H7FN2O. The van der Waals surface area contributed by atoms with Gasteiger partial charge < -0.3 is 0 Å². The first-order chi connectivity index (χ1) is 6.81. The van der Waals surface area contributed by atoms with Crippen molar-refractivity contribution in [3.05, 3.63) is 41.8 Å². The number of benzene rings is 1. The Labute approximate surface area is 79.6 Å². The second-order valence-corrected chi connectivity index (χ2v) is 2.82. The van der Waals surface area contributed by atoms with Crippen molar-refractivity contribution in [1.82, 2.24) is 10.2 Å². The van der Waals surface area contributed by atoms with E-state index in [2.05, 4.69) is 10.2 Å². The maximum Gasteiger partial charge on any atom is 0.153 e. The number of nitrogens with one attached hydrogen (secondary N) is 1. The van der Waals surface area contributed by atoms with Crippen LogP contribution in [0, 0.1) is 5.82 Å². The number of H-pyrrole nitrogens is 1. The molecule has 1 heterocycles. The summed E-state index contributed by atoms with van der Waals surface area (Å²) in [5.74, 6) is -0.345. The Morgan fingerprint density at radius 1 is 1.43 bits per heavy atom. The smallest absolute Gasteiger partial charge is 0.153 e. The zero-order chi connectivity index (χ0) is 9.97. The van der Waals surface area contributed by atoms with Crippen molar-refractivity contribution in [2.45, 2.75) is 0 Å². The van der Waals surface area contributed by atoms with E-state index in [0.29, 0.717) is 23.1 Å². The predicted molar refractivity (Wildman–Crippen MR) is 49.4 cm³/mol. The summed E-state index contributed by atoms with van der Waals surface area (Å²) in [4.78, 5) is 10.6. The van der Waals surface area contributed by atoms with Crippen LogP contribution in [0.15, 0.2) is 30.5 Å². The molecule has 2 aromatic rings. The number of halogens is 1. The normalized spacial score (nSPS) is 10.1. The van der Waals surface area contributed by atoms with Gasteiger partial charge in [0.2, 0.25) is 0 Å². The Kier molecular flexibility index (Phi) is 2.10. The van der Waals surface area contributed by atoms with E-state index in [0.717, 1.165) is 0 Å². The zero-order valence-electron chi connectivity index (χ0n) is 7.20. The van der Waals surface area contributed by atoms with Crippen LogP contribution in [0.25, 0.3) is 11.3 Å². The average Bonchev–Trinajstić information content (AvgIpc) is 2.65. The van der Waals surface area contributed by atoms with Crippen LogP contribution in [0.4, 0.5) is 4.39 Å². The number of hydrogen-bond donors (Lipinski definition) is 1. The van der Waals surface area contributed by atoms with E-state index >= 15 is 0 Å². The minimum absolute atomic E-state index is 0.345. The fourth-order valence-electron chi connectivity index (χ4n) is 1.26. The second-order valence-electron chi connectivity index (χ2n) is 2.82. The fourth-order valence-corrected chi connectivity index (χ4v) is 1.26. The Morgan fingerprint density at radius 3 is 3.00 bits per heavy atom. The summed E-state index contributed by atoms with van der Waals surface area (Å²) in [6.07, 6.45) is 2.16.